The average Bonchev–Trinajstić information content (AvgIpc) is 2.45. The van der Waals surface area contributed by atoms with Crippen molar-refractivity contribution in [3.63, 3.8) is 0 Å². The molecule has 2 aromatic carbocycles. The van der Waals surface area contributed by atoms with E-state index in [9.17, 15) is 14.4 Å². The maximum absolute atomic E-state index is 11.9. The number of hydrogen-bond acceptors (Lipinski definition) is 5. The van der Waals surface area contributed by atoms with Gasteiger partial charge in [-0.3, -0.25) is 14.4 Å². The number of carboxylic acid groups (broad SMARTS) is 1. The summed E-state index contributed by atoms with van der Waals surface area (Å²) in [6.45, 7) is 5.09. The number of aliphatic carboxylic acids is 1. The van der Waals surface area contributed by atoms with Crippen molar-refractivity contribution >= 4 is 11.7 Å². The lowest BCUT2D eigenvalue weighted by Gasteiger charge is -2.29. The first-order valence-electron chi connectivity index (χ1n) is 7.22. The van der Waals surface area contributed by atoms with E-state index in [2.05, 4.69) is 0 Å². The Morgan fingerprint density at radius 3 is 2.26 bits per heavy atom. The molecule has 0 aliphatic heterocycles. The van der Waals surface area contributed by atoms with Crippen LogP contribution in [0.5, 0.6) is 5.75 Å². The van der Waals surface area contributed by atoms with Crippen LogP contribution in [0.2, 0.25) is 0 Å². The van der Waals surface area contributed by atoms with Crippen molar-refractivity contribution < 1.29 is 14.6 Å². The lowest BCUT2D eigenvalue weighted by atomic mass is 10.1. The van der Waals surface area contributed by atoms with E-state index in [1.165, 1.54) is 4.90 Å². The van der Waals surface area contributed by atoms with Crippen LogP contribution in [0.3, 0.4) is 0 Å². The molecule has 0 fully saturated rings. The van der Waals surface area contributed by atoms with Gasteiger partial charge in [-0.05, 0) is 26.3 Å². The van der Waals surface area contributed by atoms with E-state index >= 15 is 0 Å². The van der Waals surface area contributed by atoms with E-state index < -0.39 is 22.4 Å². The van der Waals surface area contributed by atoms with E-state index in [1.54, 1.807) is 20.8 Å². The van der Waals surface area contributed by atoms with Gasteiger partial charge in [0, 0.05) is 6.54 Å². The van der Waals surface area contributed by atoms with Gasteiger partial charge in [-0.25, -0.2) is 0 Å². The third-order valence-electron chi connectivity index (χ3n) is 3.11. The Labute approximate surface area is 133 Å². The van der Waals surface area contributed by atoms with Gasteiger partial charge >= 0.3 is 5.97 Å². The first kappa shape index (κ1) is 16.7. The smallest absolute Gasteiger partial charge is 0.323 e. The van der Waals surface area contributed by atoms with E-state index in [1.807, 2.05) is 30.3 Å². The van der Waals surface area contributed by atoms with Gasteiger partial charge in [-0.15, -0.1) is 0 Å². The van der Waals surface area contributed by atoms with Crippen LogP contribution in [-0.4, -0.2) is 23.2 Å². The summed E-state index contributed by atoms with van der Waals surface area (Å²) in [5.74, 6) is -1.14. The van der Waals surface area contributed by atoms with E-state index in [-0.39, 0.29) is 24.5 Å². The second-order valence-corrected chi connectivity index (χ2v) is 6.29. The summed E-state index contributed by atoms with van der Waals surface area (Å²) in [5, 5.41) is 9.10. The zero-order valence-corrected chi connectivity index (χ0v) is 13.3. The van der Waals surface area contributed by atoms with Crippen molar-refractivity contribution in [1.29, 1.82) is 0 Å². The predicted octanol–water partition coefficient (Wildman–Crippen LogP) is 1.55. The SMILES string of the molecule is CC(C)(C)Oc1c(N(CC(=O)O)Cc2ccccc2)c(=O)c1=O. The highest BCUT2D eigenvalue weighted by molar-refractivity contribution is 5.76. The molecule has 0 amide bonds. The number of anilines is 1. The summed E-state index contributed by atoms with van der Waals surface area (Å²) in [6, 6.07) is 9.14. The first-order valence-corrected chi connectivity index (χ1v) is 7.22. The summed E-state index contributed by atoms with van der Waals surface area (Å²) < 4.78 is 5.54. The fraction of sp³-hybridized carbons (Fsp3) is 0.353. The Morgan fingerprint density at radius 1 is 1.13 bits per heavy atom. The first-order chi connectivity index (χ1) is 10.7. The van der Waals surface area contributed by atoms with Crippen LogP contribution in [-0.2, 0) is 11.3 Å². The second kappa shape index (κ2) is 6.24. The normalized spacial score (nSPS) is 11.4. The number of carbonyl (C=O) groups is 1. The number of benzene rings is 1. The molecule has 0 saturated carbocycles. The molecule has 0 aliphatic rings. The molecule has 2 aromatic rings. The van der Waals surface area contributed by atoms with Crippen LogP contribution in [0, 0.1) is 0 Å². The lowest BCUT2D eigenvalue weighted by molar-refractivity contribution is -0.135. The van der Waals surface area contributed by atoms with E-state index in [0.29, 0.717) is 0 Å². The second-order valence-electron chi connectivity index (χ2n) is 6.29. The van der Waals surface area contributed by atoms with E-state index in [4.69, 9.17) is 9.84 Å². The zero-order valence-electron chi connectivity index (χ0n) is 13.3. The van der Waals surface area contributed by atoms with Crippen molar-refractivity contribution in [2.24, 2.45) is 0 Å². The highest BCUT2D eigenvalue weighted by atomic mass is 16.5. The Hall–Kier alpha value is -2.63. The quantitative estimate of drug-likeness (QED) is 0.814. The Kier molecular flexibility index (Phi) is 4.54. The van der Waals surface area contributed by atoms with Crippen LogP contribution in [0.25, 0.3) is 0 Å². The number of hydrogen-bond donors (Lipinski definition) is 1. The molecule has 0 atom stereocenters. The topological polar surface area (TPSA) is 83.9 Å². The maximum atomic E-state index is 11.9. The number of ether oxygens (including phenoxy) is 1. The molecule has 0 unspecified atom stereocenters. The minimum absolute atomic E-state index is 0.0381. The van der Waals surface area contributed by atoms with Gasteiger partial charge in [0.15, 0.2) is 5.75 Å². The fourth-order valence-corrected chi connectivity index (χ4v) is 2.23. The molecule has 23 heavy (non-hydrogen) atoms. The molecule has 0 aliphatic carbocycles. The summed E-state index contributed by atoms with van der Waals surface area (Å²) in [7, 11) is 0. The van der Waals surface area contributed by atoms with Crippen molar-refractivity contribution in [2.75, 3.05) is 11.4 Å². The molecule has 0 radical (unpaired) electrons. The minimum atomic E-state index is -1.09. The molecule has 2 rings (SSSR count). The van der Waals surface area contributed by atoms with Crippen molar-refractivity contribution in [3.8, 4) is 5.75 Å². The molecule has 0 heterocycles. The summed E-state index contributed by atoms with van der Waals surface area (Å²) in [4.78, 5) is 36.2. The Bertz CT molecular complexity index is 766. The van der Waals surface area contributed by atoms with Gasteiger partial charge in [0.1, 0.15) is 17.8 Å². The molecular formula is C17H19NO5. The van der Waals surface area contributed by atoms with Gasteiger partial charge in [0.25, 0.3) is 10.9 Å². The molecule has 0 spiro atoms. The Balaban J connectivity index is 2.37. The van der Waals surface area contributed by atoms with Gasteiger partial charge < -0.3 is 14.7 Å². The number of rotatable bonds is 6. The monoisotopic (exact) mass is 317 g/mol. The van der Waals surface area contributed by atoms with Gasteiger partial charge in [0.2, 0.25) is 0 Å². The standard InChI is InChI=1S/C17H19NO5/c1-17(2,3)23-16-13(14(21)15(16)22)18(10-12(19)20)9-11-7-5-4-6-8-11/h4-8H,9-10H2,1-3H3,(H,19,20). The van der Waals surface area contributed by atoms with Gasteiger partial charge in [-0.2, -0.15) is 0 Å². The van der Waals surface area contributed by atoms with Gasteiger partial charge in [0.05, 0.1) is 0 Å². The third-order valence-corrected chi connectivity index (χ3v) is 3.11. The summed E-state index contributed by atoms with van der Waals surface area (Å²) in [6.07, 6.45) is 0. The predicted molar refractivity (Wildman–Crippen MR) is 86.9 cm³/mol. The zero-order chi connectivity index (χ0) is 17.2. The number of carboxylic acids is 1. The van der Waals surface area contributed by atoms with Crippen molar-refractivity contribution in [2.45, 2.75) is 32.9 Å². The van der Waals surface area contributed by atoms with Crippen LogP contribution < -0.4 is 20.5 Å². The highest BCUT2D eigenvalue weighted by Crippen LogP contribution is 2.27. The fourth-order valence-electron chi connectivity index (χ4n) is 2.23. The molecule has 6 heteroatoms. The Morgan fingerprint density at radius 2 is 1.74 bits per heavy atom. The summed E-state index contributed by atoms with van der Waals surface area (Å²) >= 11 is 0. The van der Waals surface area contributed by atoms with Gasteiger partial charge in [-0.1, -0.05) is 30.3 Å². The molecule has 1 N–H and O–H groups in total. The molecule has 0 aromatic heterocycles. The van der Waals surface area contributed by atoms with Crippen molar-refractivity contribution in [1.82, 2.24) is 0 Å². The van der Waals surface area contributed by atoms with Crippen LogP contribution in [0.4, 0.5) is 5.69 Å². The largest absolute Gasteiger partial charge is 0.482 e. The lowest BCUT2D eigenvalue weighted by Crippen LogP contribution is -2.45. The maximum Gasteiger partial charge on any atom is 0.323 e. The molecule has 6 nitrogen and oxygen atoms in total. The minimum Gasteiger partial charge on any atom is -0.482 e. The van der Waals surface area contributed by atoms with Crippen LogP contribution in [0.1, 0.15) is 26.3 Å². The van der Waals surface area contributed by atoms with E-state index in [0.717, 1.165) is 5.56 Å². The van der Waals surface area contributed by atoms with Crippen molar-refractivity contribution in [3.05, 3.63) is 56.3 Å². The van der Waals surface area contributed by atoms with Crippen LogP contribution in [0.15, 0.2) is 39.9 Å². The molecule has 122 valence electrons. The van der Waals surface area contributed by atoms with Crippen LogP contribution >= 0.6 is 0 Å². The summed E-state index contributed by atoms with van der Waals surface area (Å²) in [5.41, 5.74) is -1.20. The number of nitrogens with zero attached hydrogens (tertiary/aromatic N) is 1. The average molecular weight is 317 g/mol. The molecular weight excluding hydrogens is 298 g/mol. The molecule has 0 saturated heterocycles. The highest BCUT2D eigenvalue weighted by Gasteiger charge is 2.31. The molecule has 0 bridgehead atoms. The third kappa shape index (κ3) is 3.97.